The van der Waals surface area contributed by atoms with Crippen molar-refractivity contribution in [1.29, 1.82) is 0 Å². The van der Waals surface area contributed by atoms with E-state index < -0.39 is 5.60 Å². The van der Waals surface area contributed by atoms with Crippen LogP contribution in [0.2, 0.25) is 0 Å². The maximum Gasteiger partial charge on any atom is 0.315 e. The molecule has 2 saturated heterocycles. The van der Waals surface area contributed by atoms with E-state index in [9.17, 15) is 19.5 Å². The third-order valence-corrected chi connectivity index (χ3v) is 15.3. The number of hydrogen-bond donors (Lipinski definition) is 5. The first-order valence-electron chi connectivity index (χ1n) is 22.5. The number of amides is 4. The van der Waals surface area contributed by atoms with Crippen LogP contribution >= 0.6 is 11.8 Å². The van der Waals surface area contributed by atoms with Crippen molar-refractivity contribution in [3.63, 3.8) is 0 Å². The summed E-state index contributed by atoms with van der Waals surface area (Å²) in [6, 6.07) is 0.431. The summed E-state index contributed by atoms with van der Waals surface area (Å²) in [6.07, 6.45) is 25.0. The summed E-state index contributed by atoms with van der Waals surface area (Å²) in [5, 5.41) is 22.7. The molecule has 5 rings (SSSR count). The van der Waals surface area contributed by atoms with Gasteiger partial charge in [-0.3, -0.25) is 9.59 Å². The second-order valence-electron chi connectivity index (χ2n) is 18.8. The van der Waals surface area contributed by atoms with Crippen molar-refractivity contribution in [2.75, 3.05) is 25.4 Å². The van der Waals surface area contributed by atoms with Gasteiger partial charge in [0.1, 0.15) is 0 Å². The second kappa shape index (κ2) is 21.6. The number of carbonyl (C=O) groups excluding carboxylic acids is 3. The number of hydrogen-bond acceptors (Lipinski definition) is 6. The molecule has 4 unspecified atom stereocenters. The van der Waals surface area contributed by atoms with E-state index in [1.807, 2.05) is 25.6 Å². The lowest BCUT2D eigenvalue weighted by Gasteiger charge is -2.44. The zero-order chi connectivity index (χ0) is 40.1. The van der Waals surface area contributed by atoms with E-state index >= 15 is 0 Å². The van der Waals surface area contributed by atoms with Crippen LogP contribution in [0.15, 0.2) is 35.5 Å². The lowest BCUT2D eigenvalue weighted by atomic mass is 9.60. The number of rotatable bonds is 22. The van der Waals surface area contributed by atoms with E-state index in [1.54, 1.807) is 5.57 Å². The zero-order valence-corrected chi connectivity index (χ0v) is 36.2. The number of urea groups is 1. The Morgan fingerprint density at radius 1 is 1.00 bits per heavy atom. The molecule has 316 valence electrons. The molecule has 5 fully saturated rings. The fourth-order valence-corrected chi connectivity index (χ4v) is 12.2. The van der Waals surface area contributed by atoms with E-state index in [-0.39, 0.29) is 36.0 Å². The fourth-order valence-electron chi connectivity index (χ4n) is 10.6. The zero-order valence-electron chi connectivity index (χ0n) is 35.4. The average Bonchev–Trinajstić information content (AvgIpc) is 3.82. The van der Waals surface area contributed by atoms with Gasteiger partial charge >= 0.3 is 6.03 Å². The first kappa shape index (κ1) is 44.8. The highest BCUT2D eigenvalue weighted by Gasteiger charge is 2.50. The van der Waals surface area contributed by atoms with Gasteiger partial charge < -0.3 is 31.1 Å². The van der Waals surface area contributed by atoms with Crippen LogP contribution in [0, 0.1) is 23.2 Å². The van der Waals surface area contributed by atoms with Gasteiger partial charge in [0, 0.05) is 43.5 Å². The van der Waals surface area contributed by atoms with Gasteiger partial charge in [0.2, 0.25) is 11.8 Å². The van der Waals surface area contributed by atoms with Gasteiger partial charge in [-0.15, -0.1) is 0 Å². The number of carbonyl (C=O) groups is 3. The standard InChI is InChI=1S/C46H76N4O5S/c1-32-19-22-36(30-35(32)21-20-34-15-12-26-46(5)37(23-24-38(34)46)33(2)14-11-25-45(3,4)54)55-29-13-28-48-41(51)17-7-6-10-27-47-42(52)18-9-8-16-40-43-39(31-56-40)49-44(53)50-43/h20-21,33,36-40,43,54H,1,6-19,22-31H2,2-5H3,(H,47,52)(H,48,51)(H2,49,50,53)/t33-,36+,37-,38?,39?,40?,43?,46-/m1/s1. The smallest absolute Gasteiger partial charge is 0.315 e. The van der Waals surface area contributed by atoms with Crippen molar-refractivity contribution < 1.29 is 24.2 Å². The molecule has 0 radical (unpaired) electrons. The molecule has 0 spiro atoms. The molecule has 3 aliphatic carbocycles. The largest absolute Gasteiger partial charge is 0.390 e. The SMILES string of the molecule is C=C1CC[C@H](OCCCNC(=O)CCCCCNC(=O)CCCCC2SCC3NC(=O)NC32)CC1=CC=C1CCC[C@@]2(C)C1CC[C@@H]2[C@H](C)CCCC(C)(C)O. The lowest BCUT2D eigenvalue weighted by molar-refractivity contribution is -0.122. The fraction of sp³-hybridized carbons (Fsp3) is 0.804. The van der Waals surface area contributed by atoms with Crippen LogP contribution in [0.4, 0.5) is 4.79 Å². The van der Waals surface area contributed by atoms with E-state index in [1.165, 1.54) is 49.7 Å². The van der Waals surface area contributed by atoms with Crippen molar-refractivity contribution in [3.05, 3.63) is 35.5 Å². The summed E-state index contributed by atoms with van der Waals surface area (Å²) in [6.45, 7) is 15.3. The first-order valence-corrected chi connectivity index (χ1v) is 23.5. The molecule has 5 aliphatic rings. The number of allylic oxidation sites excluding steroid dienone is 4. The molecule has 0 bridgehead atoms. The molecule has 0 aromatic carbocycles. The predicted molar refractivity (Wildman–Crippen MR) is 229 cm³/mol. The van der Waals surface area contributed by atoms with Gasteiger partial charge in [-0.05, 0) is 132 Å². The van der Waals surface area contributed by atoms with E-state index in [2.05, 4.69) is 53.8 Å². The molecule has 8 atom stereocenters. The van der Waals surface area contributed by atoms with Gasteiger partial charge in [-0.1, -0.05) is 69.4 Å². The van der Waals surface area contributed by atoms with Crippen LogP contribution in [0.25, 0.3) is 0 Å². The van der Waals surface area contributed by atoms with Gasteiger partial charge in [-0.2, -0.15) is 11.8 Å². The van der Waals surface area contributed by atoms with Gasteiger partial charge in [0.05, 0.1) is 23.8 Å². The summed E-state index contributed by atoms with van der Waals surface area (Å²) in [5.41, 5.74) is 4.06. The Bertz CT molecular complexity index is 1390. The Kier molecular flexibility index (Phi) is 17.3. The Morgan fingerprint density at radius 2 is 1.75 bits per heavy atom. The number of ether oxygens (including phenoxy) is 1. The minimum absolute atomic E-state index is 0.0506. The Hall–Kier alpha value is -2.30. The number of aliphatic hydroxyl groups is 1. The molecule has 5 N–H and O–H groups in total. The molecule has 10 heteroatoms. The van der Waals surface area contributed by atoms with Crippen molar-refractivity contribution in [3.8, 4) is 0 Å². The van der Waals surface area contributed by atoms with Crippen molar-refractivity contribution in [1.82, 2.24) is 21.3 Å². The summed E-state index contributed by atoms with van der Waals surface area (Å²) < 4.78 is 6.31. The average molecular weight is 797 g/mol. The van der Waals surface area contributed by atoms with E-state index in [4.69, 9.17) is 4.74 Å². The third kappa shape index (κ3) is 13.4. The number of thioether (sulfide) groups is 1. The van der Waals surface area contributed by atoms with Crippen LogP contribution in [-0.4, -0.2) is 77.4 Å². The number of unbranched alkanes of at least 4 members (excludes halogenated alkanes) is 3. The Balaban J connectivity index is 0.891. The van der Waals surface area contributed by atoms with Crippen molar-refractivity contribution in [2.45, 2.75) is 185 Å². The van der Waals surface area contributed by atoms with Crippen molar-refractivity contribution >= 4 is 29.6 Å². The van der Waals surface area contributed by atoms with Crippen LogP contribution in [0.3, 0.4) is 0 Å². The molecule has 56 heavy (non-hydrogen) atoms. The molecule has 0 aromatic rings. The molecule has 3 saturated carbocycles. The first-order chi connectivity index (χ1) is 26.8. The molecular formula is C46H76N4O5S. The summed E-state index contributed by atoms with van der Waals surface area (Å²) in [7, 11) is 0. The minimum atomic E-state index is -0.565. The summed E-state index contributed by atoms with van der Waals surface area (Å²) in [5.74, 6) is 3.31. The van der Waals surface area contributed by atoms with E-state index in [0.29, 0.717) is 55.0 Å². The Labute approximate surface area is 343 Å². The summed E-state index contributed by atoms with van der Waals surface area (Å²) in [4.78, 5) is 36.2. The molecular weight excluding hydrogens is 721 g/mol. The number of fused-ring (bicyclic) bond motifs is 2. The van der Waals surface area contributed by atoms with Crippen molar-refractivity contribution in [2.24, 2.45) is 23.2 Å². The van der Waals surface area contributed by atoms with E-state index in [0.717, 1.165) is 88.7 Å². The third-order valence-electron chi connectivity index (χ3n) is 13.8. The highest BCUT2D eigenvalue weighted by molar-refractivity contribution is 8.00. The second-order valence-corrected chi connectivity index (χ2v) is 20.1. The molecule has 0 aromatic heterocycles. The monoisotopic (exact) mass is 797 g/mol. The molecule has 4 amide bonds. The highest BCUT2D eigenvalue weighted by Crippen LogP contribution is 2.60. The van der Waals surface area contributed by atoms with Gasteiger partial charge in [-0.25, -0.2) is 4.79 Å². The summed E-state index contributed by atoms with van der Waals surface area (Å²) >= 11 is 1.92. The predicted octanol–water partition coefficient (Wildman–Crippen LogP) is 8.67. The van der Waals surface area contributed by atoms with Crippen LogP contribution in [0.5, 0.6) is 0 Å². The van der Waals surface area contributed by atoms with Crippen LogP contribution in [-0.2, 0) is 14.3 Å². The Morgan fingerprint density at radius 3 is 2.52 bits per heavy atom. The molecule has 2 aliphatic heterocycles. The molecule has 9 nitrogen and oxygen atoms in total. The number of nitrogens with one attached hydrogen (secondary N) is 4. The van der Waals surface area contributed by atoms with Gasteiger partial charge in [0.15, 0.2) is 0 Å². The maximum atomic E-state index is 12.4. The highest BCUT2D eigenvalue weighted by atomic mass is 32.2. The quantitative estimate of drug-likeness (QED) is 0.0551. The normalized spacial score (nSPS) is 30.9. The topological polar surface area (TPSA) is 129 Å². The lowest BCUT2D eigenvalue weighted by Crippen LogP contribution is -2.36. The van der Waals surface area contributed by atoms with Crippen LogP contribution < -0.4 is 21.3 Å². The van der Waals surface area contributed by atoms with Crippen LogP contribution in [0.1, 0.15) is 156 Å². The van der Waals surface area contributed by atoms with Gasteiger partial charge in [0.25, 0.3) is 0 Å². The maximum absolute atomic E-state index is 12.4. The minimum Gasteiger partial charge on any atom is -0.390 e. The molecule has 2 heterocycles.